The number of para-hydroxylation sites is 1. The number of nitrogens with zero attached hydrogens (tertiary/aromatic N) is 1. The van der Waals surface area contributed by atoms with E-state index in [2.05, 4.69) is 9.97 Å². The zero-order valence-corrected chi connectivity index (χ0v) is 11.2. The van der Waals surface area contributed by atoms with Gasteiger partial charge in [0.1, 0.15) is 5.82 Å². The van der Waals surface area contributed by atoms with Gasteiger partial charge >= 0.3 is 0 Å². The summed E-state index contributed by atoms with van der Waals surface area (Å²) >= 11 is 12.2. The normalized spacial score (nSPS) is 11.1. The van der Waals surface area contributed by atoms with Gasteiger partial charge in [-0.25, -0.2) is 4.98 Å². The molecule has 0 saturated heterocycles. The Morgan fingerprint density at radius 3 is 2.67 bits per heavy atom. The molecular weight excluding hydrogens is 267 g/mol. The van der Waals surface area contributed by atoms with Crippen molar-refractivity contribution in [2.24, 2.45) is 0 Å². The molecule has 0 aliphatic rings. The first kappa shape index (κ1) is 11.6. The van der Waals surface area contributed by atoms with E-state index in [-0.39, 0.29) is 0 Å². The molecule has 4 heteroatoms. The largest absolute Gasteiger partial charge is 0.342 e. The number of fused-ring (bicyclic) bond motifs is 1. The van der Waals surface area contributed by atoms with E-state index in [1.54, 1.807) is 6.07 Å². The lowest BCUT2D eigenvalue weighted by atomic mass is 10.0. The number of hydrogen-bond donors (Lipinski definition) is 1. The van der Waals surface area contributed by atoms with Crippen LogP contribution in [0.15, 0.2) is 36.4 Å². The van der Waals surface area contributed by atoms with E-state index in [0.717, 1.165) is 28.0 Å². The van der Waals surface area contributed by atoms with E-state index in [1.165, 1.54) is 0 Å². The highest BCUT2D eigenvalue weighted by Crippen LogP contribution is 2.34. The summed E-state index contributed by atoms with van der Waals surface area (Å²) in [7, 11) is 0. The molecule has 90 valence electrons. The van der Waals surface area contributed by atoms with Crippen LogP contribution in [-0.4, -0.2) is 9.97 Å². The Hall–Kier alpha value is -1.51. The topological polar surface area (TPSA) is 28.7 Å². The molecule has 0 bridgehead atoms. The number of aromatic nitrogens is 2. The van der Waals surface area contributed by atoms with Crippen LogP contribution in [0.2, 0.25) is 10.0 Å². The van der Waals surface area contributed by atoms with Crippen molar-refractivity contribution < 1.29 is 0 Å². The first-order valence-electron chi connectivity index (χ1n) is 5.56. The summed E-state index contributed by atoms with van der Waals surface area (Å²) in [5.74, 6) is 0.891. The second-order valence-electron chi connectivity index (χ2n) is 4.15. The summed E-state index contributed by atoms with van der Waals surface area (Å²) in [6.07, 6.45) is 0. The minimum atomic E-state index is 0.633. The van der Waals surface area contributed by atoms with Gasteiger partial charge in [-0.3, -0.25) is 0 Å². The Balaban J connectivity index is 2.31. The maximum absolute atomic E-state index is 6.25. The van der Waals surface area contributed by atoms with E-state index < -0.39 is 0 Å². The minimum Gasteiger partial charge on any atom is -0.342 e. The quantitative estimate of drug-likeness (QED) is 0.677. The van der Waals surface area contributed by atoms with Crippen molar-refractivity contribution in [3.8, 4) is 11.1 Å². The average Bonchev–Trinajstić information content (AvgIpc) is 2.69. The molecule has 2 aromatic carbocycles. The predicted molar refractivity (Wildman–Crippen MR) is 76.3 cm³/mol. The zero-order valence-electron chi connectivity index (χ0n) is 9.67. The second-order valence-corrected chi connectivity index (χ2v) is 4.99. The third-order valence-electron chi connectivity index (χ3n) is 2.85. The van der Waals surface area contributed by atoms with Crippen LogP contribution in [0.3, 0.4) is 0 Å². The molecule has 0 fully saturated rings. The molecule has 2 nitrogen and oxygen atoms in total. The van der Waals surface area contributed by atoms with E-state index in [9.17, 15) is 0 Å². The fourth-order valence-corrected chi connectivity index (χ4v) is 2.59. The molecule has 1 aromatic heterocycles. The number of H-pyrrole nitrogens is 1. The predicted octanol–water partition coefficient (Wildman–Crippen LogP) is 4.85. The van der Waals surface area contributed by atoms with Gasteiger partial charge in [0.25, 0.3) is 0 Å². The van der Waals surface area contributed by atoms with Gasteiger partial charge < -0.3 is 4.98 Å². The Kier molecular flexibility index (Phi) is 2.77. The fraction of sp³-hybridized carbons (Fsp3) is 0.0714. The number of halogens is 2. The van der Waals surface area contributed by atoms with Crippen molar-refractivity contribution in [3.05, 3.63) is 52.3 Å². The molecule has 0 amide bonds. The lowest BCUT2D eigenvalue weighted by molar-refractivity contribution is 1.17. The van der Waals surface area contributed by atoms with E-state index in [0.29, 0.717) is 10.0 Å². The first-order chi connectivity index (χ1) is 8.65. The molecule has 1 heterocycles. The van der Waals surface area contributed by atoms with Gasteiger partial charge in [-0.15, -0.1) is 0 Å². The van der Waals surface area contributed by atoms with Crippen LogP contribution < -0.4 is 0 Å². The van der Waals surface area contributed by atoms with Gasteiger partial charge in [-0.2, -0.15) is 0 Å². The highest BCUT2D eigenvalue weighted by atomic mass is 35.5. The molecule has 0 aliphatic carbocycles. The van der Waals surface area contributed by atoms with Crippen molar-refractivity contribution in [1.82, 2.24) is 9.97 Å². The van der Waals surface area contributed by atoms with Crippen LogP contribution in [0.25, 0.3) is 22.2 Å². The summed E-state index contributed by atoms with van der Waals surface area (Å²) in [4.78, 5) is 7.73. The molecule has 0 unspecified atom stereocenters. The fourth-order valence-electron chi connectivity index (χ4n) is 2.08. The van der Waals surface area contributed by atoms with Gasteiger partial charge in [0.05, 0.1) is 11.0 Å². The molecule has 0 spiro atoms. The molecule has 1 N–H and O–H groups in total. The van der Waals surface area contributed by atoms with Crippen LogP contribution in [0, 0.1) is 6.92 Å². The number of benzene rings is 2. The Bertz CT molecular complexity index is 732. The monoisotopic (exact) mass is 276 g/mol. The summed E-state index contributed by atoms with van der Waals surface area (Å²) in [5.41, 5.74) is 3.90. The van der Waals surface area contributed by atoms with E-state index >= 15 is 0 Å². The van der Waals surface area contributed by atoms with Crippen molar-refractivity contribution in [3.63, 3.8) is 0 Å². The zero-order chi connectivity index (χ0) is 12.7. The number of hydrogen-bond acceptors (Lipinski definition) is 1. The second kappa shape index (κ2) is 4.30. The maximum atomic E-state index is 6.25. The molecule has 0 radical (unpaired) electrons. The summed E-state index contributed by atoms with van der Waals surface area (Å²) in [6.45, 7) is 1.94. The van der Waals surface area contributed by atoms with Crippen LogP contribution in [-0.2, 0) is 0 Å². The lowest BCUT2D eigenvalue weighted by Crippen LogP contribution is -1.82. The molecule has 18 heavy (non-hydrogen) atoms. The molecule has 3 rings (SSSR count). The summed E-state index contributed by atoms with van der Waals surface area (Å²) in [5, 5.41) is 1.27. The molecule has 3 aromatic rings. The van der Waals surface area contributed by atoms with Crippen LogP contribution in [0.5, 0.6) is 0 Å². The Morgan fingerprint density at radius 1 is 1.06 bits per heavy atom. The van der Waals surface area contributed by atoms with Gasteiger partial charge in [0.2, 0.25) is 0 Å². The molecule has 0 atom stereocenters. The standard InChI is InChI=1S/C14H10Cl2N2/c1-8-17-13-4-2-3-11(14(13)18-8)10-6-5-9(15)7-12(10)16/h2-7H,1H3,(H,17,18). The summed E-state index contributed by atoms with van der Waals surface area (Å²) < 4.78 is 0. The Morgan fingerprint density at radius 2 is 1.89 bits per heavy atom. The van der Waals surface area contributed by atoms with Crippen molar-refractivity contribution in [1.29, 1.82) is 0 Å². The number of aromatic amines is 1. The maximum Gasteiger partial charge on any atom is 0.104 e. The highest BCUT2D eigenvalue weighted by molar-refractivity contribution is 6.36. The number of imidazole rings is 1. The smallest absolute Gasteiger partial charge is 0.104 e. The summed E-state index contributed by atoms with van der Waals surface area (Å²) in [6, 6.07) is 11.5. The van der Waals surface area contributed by atoms with Crippen molar-refractivity contribution in [2.45, 2.75) is 6.92 Å². The molecule has 0 saturated carbocycles. The van der Waals surface area contributed by atoms with Gasteiger partial charge in [-0.05, 0) is 25.1 Å². The van der Waals surface area contributed by atoms with Crippen LogP contribution >= 0.6 is 23.2 Å². The third kappa shape index (κ3) is 1.88. The number of aryl methyl sites for hydroxylation is 1. The van der Waals surface area contributed by atoms with Crippen molar-refractivity contribution >= 4 is 34.2 Å². The Labute approximate surface area is 115 Å². The van der Waals surface area contributed by atoms with Gasteiger partial charge in [-0.1, -0.05) is 41.4 Å². The van der Waals surface area contributed by atoms with E-state index in [1.807, 2.05) is 37.3 Å². The third-order valence-corrected chi connectivity index (χ3v) is 3.40. The average molecular weight is 277 g/mol. The van der Waals surface area contributed by atoms with E-state index in [4.69, 9.17) is 23.2 Å². The number of nitrogens with one attached hydrogen (secondary N) is 1. The molecular formula is C14H10Cl2N2. The molecule has 0 aliphatic heterocycles. The van der Waals surface area contributed by atoms with Gasteiger partial charge in [0.15, 0.2) is 0 Å². The first-order valence-corrected chi connectivity index (χ1v) is 6.31. The number of rotatable bonds is 1. The van der Waals surface area contributed by atoms with Gasteiger partial charge in [0, 0.05) is 21.2 Å². The van der Waals surface area contributed by atoms with Crippen molar-refractivity contribution in [2.75, 3.05) is 0 Å². The van der Waals surface area contributed by atoms with Crippen LogP contribution in [0.1, 0.15) is 5.82 Å². The SMILES string of the molecule is Cc1nc2c(-c3ccc(Cl)cc3Cl)cccc2[nH]1. The lowest BCUT2D eigenvalue weighted by Gasteiger charge is -2.05. The minimum absolute atomic E-state index is 0.633. The highest BCUT2D eigenvalue weighted by Gasteiger charge is 2.10. The van der Waals surface area contributed by atoms with Crippen LogP contribution in [0.4, 0.5) is 0 Å².